The van der Waals surface area contributed by atoms with Crippen LogP contribution in [0.15, 0.2) is 0 Å². The molecule has 0 amide bonds. The van der Waals surface area contributed by atoms with Crippen LogP contribution in [0.2, 0.25) is 0 Å². The molecule has 0 aromatic carbocycles. The van der Waals surface area contributed by atoms with Crippen LogP contribution < -0.4 is 5.73 Å². The lowest BCUT2D eigenvalue weighted by atomic mass is 9.94. The van der Waals surface area contributed by atoms with E-state index in [-0.39, 0.29) is 12.3 Å². The summed E-state index contributed by atoms with van der Waals surface area (Å²) in [5, 5.41) is 17.6. The molecule has 19 heavy (non-hydrogen) atoms. The first-order valence-corrected chi connectivity index (χ1v) is 7.22. The average Bonchev–Trinajstić information content (AvgIpc) is 2.35. The van der Waals surface area contributed by atoms with Gasteiger partial charge in [-0.15, -0.1) is 0 Å². The second-order valence-electron chi connectivity index (χ2n) is 5.02. The number of aliphatic carboxylic acids is 2. The molecule has 0 aliphatic rings. The Hall–Kier alpha value is -1.10. The fourth-order valence-corrected chi connectivity index (χ4v) is 2.12. The van der Waals surface area contributed by atoms with Crippen molar-refractivity contribution in [2.45, 2.75) is 64.2 Å². The van der Waals surface area contributed by atoms with Crippen LogP contribution in [0.4, 0.5) is 0 Å². The molecule has 112 valence electrons. The second-order valence-corrected chi connectivity index (χ2v) is 5.02. The molecule has 0 spiro atoms. The molecule has 0 aliphatic heterocycles. The van der Waals surface area contributed by atoms with Gasteiger partial charge in [0.05, 0.1) is 5.92 Å². The molecule has 0 aliphatic carbocycles. The first-order valence-electron chi connectivity index (χ1n) is 7.22. The highest BCUT2D eigenvalue weighted by Gasteiger charge is 2.16. The zero-order chi connectivity index (χ0) is 14.5. The van der Waals surface area contributed by atoms with Crippen molar-refractivity contribution < 1.29 is 19.8 Å². The normalized spacial score (nSPS) is 12.3. The third-order valence-corrected chi connectivity index (χ3v) is 3.30. The average molecular weight is 273 g/mol. The van der Waals surface area contributed by atoms with Gasteiger partial charge in [0.1, 0.15) is 0 Å². The number of hydrogen-bond donors (Lipinski definition) is 3. The van der Waals surface area contributed by atoms with Crippen LogP contribution in [-0.4, -0.2) is 28.7 Å². The maximum absolute atomic E-state index is 11.1. The monoisotopic (exact) mass is 273 g/mol. The predicted octanol–water partition coefficient (Wildman–Crippen LogP) is 2.63. The third-order valence-electron chi connectivity index (χ3n) is 3.30. The second kappa shape index (κ2) is 12.0. The standard InChI is InChI=1S/C14H27NO4/c15-11-7-2-1-4-8-12(14(18)19)9-5-3-6-10-13(16)17/h12H,1-11,15H2,(H,16,17)(H,18,19). The number of carboxylic acids is 2. The summed E-state index contributed by atoms with van der Waals surface area (Å²) in [6, 6.07) is 0. The SMILES string of the molecule is NCCCCCCC(CCCCCC(=O)O)C(=O)O. The number of carboxylic acid groups (broad SMARTS) is 2. The molecule has 4 N–H and O–H groups in total. The summed E-state index contributed by atoms with van der Waals surface area (Å²) >= 11 is 0. The first kappa shape index (κ1) is 17.9. The Bertz CT molecular complexity index is 256. The number of carbonyl (C=O) groups is 2. The molecule has 0 rings (SSSR count). The van der Waals surface area contributed by atoms with Gasteiger partial charge in [0.25, 0.3) is 0 Å². The number of rotatable bonds is 13. The largest absolute Gasteiger partial charge is 0.481 e. The topological polar surface area (TPSA) is 101 Å². The van der Waals surface area contributed by atoms with Crippen LogP contribution in [0, 0.1) is 5.92 Å². The molecule has 0 radical (unpaired) electrons. The van der Waals surface area contributed by atoms with Crippen molar-refractivity contribution in [1.82, 2.24) is 0 Å². The molecule has 1 unspecified atom stereocenters. The van der Waals surface area contributed by atoms with Crippen molar-refractivity contribution in [2.75, 3.05) is 6.54 Å². The van der Waals surface area contributed by atoms with E-state index >= 15 is 0 Å². The van der Waals surface area contributed by atoms with E-state index in [0.717, 1.165) is 44.9 Å². The van der Waals surface area contributed by atoms with Gasteiger partial charge in [-0.2, -0.15) is 0 Å². The van der Waals surface area contributed by atoms with Gasteiger partial charge in [0.15, 0.2) is 0 Å². The van der Waals surface area contributed by atoms with Crippen LogP contribution >= 0.6 is 0 Å². The van der Waals surface area contributed by atoms with Crippen molar-refractivity contribution in [3.05, 3.63) is 0 Å². The minimum atomic E-state index is -0.783. The van der Waals surface area contributed by atoms with Crippen molar-refractivity contribution >= 4 is 11.9 Å². The Morgan fingerprint density at radius 2 is 1.37 bits per heavy atom. The van der Waals surface area contributed by atoms with Crippen molar-refractivity contribution in [2.24, 2.45) is 11.7 Å². The molecule has 0 aromatic heterocycles. The fourth-order valence-electron chi connectivity index (χ4n) is 2.12. The Morgan fingerprint density at radius 1 is 0.842 bits per heavy atom. The van der Waals surface area contributed by atoms with Gasteiger partial charge < -0.3 is 15.9 Å². The molecule has 1 atom stereocenters. The maximum atomic E-state index is 11.1. The molecule has 0 saturated carbocycles. The summed E-state index contributed by atoms with van der Waals surface area (Å²) in [6.45, 7) is 0.700. The highest BCUT2D eigenvalue weighted by molar-refractivity contribution is 5.69. The summed E-state index contributed by atoms with van der Waals surface area (Å²) in [5.74, 6) is -1.78. The third kappa shape index (κ3) is 11.7. The molecule has 5 heteroatoms. The zero-order valence-electron chi connectivity index (χ0n) is 11.6. The van der Waals surface area contributed by atoms with Gasteiger partial charge in [0, 0.05) is 6.42 Å². The molecular weight excluding hydrogens is 246 g/mol. The van der Waals surface area contributed by atoms with E-state index in [2.05, 4.69) is 0 Å². The summed E-state index contributed by atoms with van der Waals surface area (Å²) in [7, 11) is 0. The first-order chi connectivity index (χ1) is 9.07. The Labute approximate surface area is 115 Å². The smallest absolute Gasteiger partial charge is 0.306 e. The van der Waals surface area contributed by atoms with E-state index in [4.69, 9.17) is 15.9 Å². The molecule has 0 aromatic rings. The molecule has 0 fully saturated rings. The van der Waals surface area contributed by atoms with E-state index < -0.39 is 11.9 Å². The van der Waals surface area contributed by atoms with E-state index in [1.165, 1.54) is 0 Å². The predicted molar refractivity (Wildman–Crippen MR) is 74.0 cm³/mol. The van der Waals surface area contributed by atoms with Crippen LogP contribution in [0.5, 0.6) is 0 Å². The van der Waals surface area contributed by atoms with Crippen LogP contribution in [0.1, 0.15) is 64.2 Å². The van der Waals surface area contributed by atoms with E-state index in [9.17, 15) is 9.59 Å². The molecule has 0 heterocycles. The Kier molecular flexibility index (Phi) is 11.3. The molecule has 0 bridgehead atoms. The number of hydrogen-bond acceptors (Lipinski definition) is 3. The molecular formula is C14H27NO4. The van der Waals surface area contributed by atoms with Gasteiger partial charge in [-0.3, -0.25) is 9.59 Å². The summed E-state index contributed by atoms with van der Waals surface area (Å²) in [6.07, 6.45) is 7.84. The van der Waals surface area contributed by atoms with E-state index in [1.54, 1.807) is 0 Å². The molecule has 0 saturated heterocycles. The fraction of sp³-hybridized carbons (Fsp3) is 0.857. The van der Waals surface area contributed by atoms with Gasteiger partial charge in [-0.1, -0.05) is 32.1 Å². The van der Waals surface area contributed by atoms with Crippen molar-refractivity contribution in [3.8, 4) is 0 Å². The minimum absolute atomic E-state index is 0.177. The lowest BCUT2D eigenvalue weighted by molar-refractivity contribution is -0.142. The van der Waals surface area contributed by atoms with Crippen molar-refractivity contribution in [3.63, 3.8) is 0 Å². The zero-order valence-corrected chi connectivity index (χ0v) is 11.6. The summed E-state index contributed by atoms with van der Waals surface area (Å²) in [4.78, 5) is 21.4. The number of unbranched alkanes of at least 4 members (excludes halogenated alkanes) is 5. The van der Waals surface area contributed by atoms with Crippen molar-refractivity contribution in [1.29, 1.82) is 0 Å². The van der Waals surface area contributed by atoms with Crippen LogP contribution in [0.3, 0.4) is 0 Å². The van der Waals surface area contributed by atoms with E-state index in [1.807, 2.05) is 0 Å². The minimum Gasteiger partial charge on any atom is -0.481 e. The summed E-state index contributed by atoms with van der Waals surface area (Å²) in [5.41, 5.74) is 5.40. The summed E-state index contributed by atoms with van der Waals surface area (Å²) < 4.78 is 0. The van der Waals surface area contributed by atoms with Gasteiger partial charge in [0.2, 0.25) is 0 Å². The lowest BCUT2D eigenvalue weighted by Gasteiger charge is -2.11. The Balaban J connectivity index is 3.62. The van der Waals surface area contributed by atoms with Crippen LogP contribution in [0.25, 0.3) is 0 Å². The highest BCUT2D eigenvalue weighted by atomic mass is 16.4. The molecule has 5 nitrogen and oxygen atoms in total. The van der Waals surface area contributed by atoms with Crippen LogP contribution in [-0.2, 0) is 9.59 Å². The van der Waals surface area contributed by atoms with Gasteiger partial charge in [-0.25, -0.2) is 0 Å². The van der Waals surface area contributed by atoms with E-state index in [0.29, 0.717) is 19.4 Å². The number of nitrogens with two attached hydrogens (primary N) is 1. The maximum Gasteiger partial charge on any atom is 0.306 e. The highest BCUT2D eigenvalue weighted by Crippen LogP contribution is 2.18. The lowest BCUT2D eigenvalue weighted by Crippen LogP contribution is -2.13. The Morgan fingerprint density at radius 3 is 1.84 bits per heavy atom. The quantitative estimate of drug-likeness (QED) is 0.448. The van der Waals surface area contributed by atoms with Gasteiger partial charge in [-0.05, 0) is 32.2 Å². The van der Waals surface area contributed by atoms with Gasteiger partial charge >= 0.3 is 11.9 Å².